The van der Waals surface area contributed by atoms with Gasteiger partial charge >= 0.3 is 0 Å². The van der Waals surface area contributed by atoms with E-state index in [1.165, 1.54) is 0 Å². The van der Waals surface area contributed by atoms with Gasteiger partial charge in [-0.3, -0.25) is 4.79 Å². The van der Waals surface area contributed by atoms with Crippen LogP contribution in [0.3, 0.4) is 0 Å². The van der Waals surface area contributed by atoms with Crippen LogP contribution in [0.2, 0.25) is 0 Å². The zero-order chi connectivity index (χ0) is 12.8. The lowest BCUT2D eigenvalue weighted by atomic mass is 10.3. The first-order valence-corrected chi connectivity index (χ1v) is 6.66. The van der Waals surface area contributed by atoms with Crippen LogP contribution >= 0.6 is 0 Å². The van der Waals surface area contributed by atoms with E-state index in [0.717, 1.165) is 38.2 Å². The van der Waals surface area contributed by atoms with Crippen LogP contribution in [0.1, 0.15) is 38.4 Å². The second kappa shape index (κ2) is 6.49. The first-order valence-electron chi connectivity index (χ1n) is 6.66. The number of rotatable bonds is 8. The highest BCUT2D eigenvalue weighted by Gasteiger charge is 2.22. The molecular weight excluding hydrogens is 230 g/mol. The van der Waals surface area contributed by atoms with Gasteiger partial charge in [-0.25, -0.2) is 9.67 Å². The number of amides is 1. The van der Waals surface area contributed by atoms with Crippen LogP contribution in [0.4, 0.5) is 0 Å². The van der Waals surface area contributed by atoms with Gasteiger partial charge in [-0.15, -0.1) is 0 Å². The molecule has 0 unspecified atom stereocenters. The Morgan fingerprint density at radius 3 is 3.11 bits per heavy atom. The quantitative estimate of drug-likeness (QED) is 0.658. The highest BCUT2D eigenvalue weighted by atomic mass is 16.1. The van der Waals surface area contributed by atoms with E-state index in [2.05, 4.69) is 20.7 Å². The molecule has 0 aromatic carbocycles. The first-order chi connectivity index (χ1) is 8.79. The molecule has 1 amide bonds. The summed E-state index contributed by atoms with van der Waals surface area (Å²) in [6.07, 6.45) is 5.33. The van der Waals surface area contributed by atoms with E-state index in [4.69, 9.17) is 0 Å². The Balaban J connectivity index is 1.54. The number of carbonyl (C=O) groups is 1. The monoisotopic (exact) mass is 251 g/mol. The summed E-state index contributed by atoms with van der Waals surface area (Å²) in [5.74, 6) is 1.12. The molecule has 6 nitrogen and oxygen atoms in total. The highest BCUT2D eigenvalue weighted by molar-refractivity contribution is 5.76. The molecule has 2 rings (SSSR count). The minimum atomic E-state index is 0.177. The number of aryl methyl sites for hydroxylation is 1. The van der Waals surface area contributed by atoms with Gasteiger partial charge in [0.2, 0.25) is 5.91 Å². The molecule has 0 aliphatic heterocycles. The maximum absolute atomic E-state index is 11.4. The predicted octanol–water partition coefficient (Wildman–Crippen LogP) is 0.446. The van der Waals surface area contributed by atoms with Gasteiger partial charge in [0.1, 0.15) is 12.2 Å². The third-order valence-electron chi connectivity index (χ3n) is 2.98. The average Bonchev–Trinajstić information content (AvgIpc) is 3.05. The van der Waals surface area contributed by atoms with E-state index in [1.54, 1.807) is 6.33 Å². The third kappa shape index (κ3) is 4.10. The molecule has 0 bridgehead atoms. The maximum atomic E-state index is 11.4. The minimum absolute atomic E-state index is 0.177. The Bertz CT molecular complexity index is 386. The van der Waals surface area contributed by atoms with Gasteiger partial charge in [-0.1, -0.05) is 0 Å². The van der Waals surface area contributed by atoms with Crippen molar-refractivity contribution in [3.63, 3.8) is 0 Å². The van der Waals surface area contributed by atoms with Gasteiger partial charge < -0.3 is 10.6 Å². The van der Waals surface area contributed by atoms with Gasteiger partial charge in [0.25, 0.3) is 0 Å². The number of hydrogen-bond donors (Lipinski definition) is 2. The summed E-state index contributed by atoms with van der Waals surface area (Å²) < 4.78 is 1.87. The molecule has 1 fully saturated rings. The molecular formula is C12H21N5O. The highest BCUT2D eigenvalue weighted by Crippen LogP contribution is 2.18. The van der Waals surface area contributed by atoms with Crippen molar-refractivity contribution in [2.45, 2.75) is 51.7 Å². The minimum Gasteiger partial charge on any atom is -0.353 e. The van der Waals surface area contributed by atoms with E-state index in [9.17, 15) is 4.79 Å². The van der Waals surface area contributed by atoms with Gasteiger partial charge in [0.05, 0.1) is 6.54 Å². The standard InChI is InChI=1S/C12H21N5O/c1-2-17-11(14-9-15-17)8-13-7-3-4-12(18)16-10-5-6-10/h9-10,13H,2-8H2,1H3,(H,16,18). The third-order valence-corrected chi connectivity index (χ3v) is 2.98. The molecule has 0 spiro atoms. The van der Waals surface area contributed by atoms with Crippen molar-refractivity contribution in [1.29, 1.82) is 0 Å². The van der Waals surface area contributed by atoms with Crippen molar-refractivity contribution >= 4 is 5.91 Å². The zero-order valence-corrected chi connectivity index (χ0v) is 10.9. The largest absolute Gasteiger partial charge is 0.353 e. The predicted molar refractivity (Wildman–Crippen MR) is 67.8 cm³/mol. The first kappa shape index (κ1) is 13.0. The molecule has 1 aromatic rings. The fourth-order valence-corrected chi connectivity index (χ4v) is 1.79. The molecule has 0 saturated heterocycles. The summed E-state index contributed by atoms with van der Waals surface area (Å²) in [6.45, 7) is 4.41. The Morgan fingerprint density at radius 2 is 2.39 bits per heavy atom. The van der Waals surface area contributed by atoms with Crippen LogP contribution in [-0.4, -0.2) is 33.3 Å². The molecule has 18 heavy (non-hydrogen) atoms. The van der Waals surface area contributed by atoms with E-state index < -0.39 is 0 Å². The molecule has 1 heterocycles. The van der Waals surface area contributed by atoms with Crippen LogP contribution in [0.5, 0.6) is 0 Å². The topological polar surface area (TPSA) is 71.8 Å². The lowest BCUT2D eigenvalue weighted by Gasteiger charge is -2.06. The average molecular weight is 251 g/mol. The molecule has 0 radical (unpaired) electrons. The Kier molecular flexibility index (Phi) is 4.69. The zero-order valence-electron chi connectivity index (χ0n) is 10.9. The number of nitrogens with one attached hydrogen (secondary N) is 2. The summed E-state index contributed by atoms with van der Waals surface area (Å²) in [5.41, 5.74) is 0. The Morgan fingerprint density at radius 1 is 1.56 bits per heavy atom. The van der Waals surface area contributed by atoms with Gasteiger partial charge in [-0.2, -0.15) is 5.10 Å². The van der Waals surface area contributed by atoms with Crippen LogP contribution in [0, 0.1) is 0 Å². The van der Waals surface area contributed by atoms with Crippen molar-refractivity contribution in [2.75, 3.05) is 6.54 Å². The molecule has 1 aromatic heterocycles. The molecule has 2 N–H and O–H groups in total. The van der Waals surface area contributed by atoms with E-state index in [1.807, 2.05) is 11.6 Å². The molecule has 6 heteroatoms. The molecule has 1 aliphatic rings. The second-order valence-corrected chi connectivity index (χ2v) is 4.61. The van der Waals surface area contributed by atoms with Crippen molar-refractivity contribution in [2.24, 2.45) is 0 Å². The van der Waals surface area contributed by atoms with E-state index in [-0.39, 0.29) is 5.91 Å². The van der Waals surface area contributed by atoms with E-state index in [0.29, 0.717) is 19.0 Å². The molecule has 100 valence electrons. The maximum Gasteiger partial charge on any atom is 0.220 e. The summed E-state index contributed by atoms with van der Waals surface area (Å²) in [5, 5.41) is 10.4. The lowest BCUT2D eigenvalue weighted by molar-refractivity contribution is -0.121. The lowest BCUT2D eigenvalue weighted by Crippen LogP contribution is -2.26. The smallest absolute Gasteiger partial charge is 0.220 e. The second-order valence-electron chi connectivity index (χ2n) is 4.61. The number of nitrogens with zero attached hydrogens (tertiary/aromatic N) is 3. The van der Waals surface area contributed by atoms with Crippen LogP contribution < -0.4 is 10.6 Å². The van der Waals surface area contributed by atoms with E-state index >= 15 is 0 Å². The Hall–Kier alpha value is -1.43. The number of hydrogen-bond acceptors (Lipinski definition) is 4. The van der Waals surface area contributed by atoms with Gasteiger partial charge in [-0.05, 0) is 32.7 Å². The van der Waals surface area contributed by atoms with Crippen molar-refractivity contribution in [1.82, 2.24) is 25.4 Å². The summed E-state index contributed by atoms with van der Waals surface area (Å²) in [7, 11) is 0. The van der Waals surface area contributed by atoms with Crippen LogP contribution in [-0.2, 0) is 17.9 Å². The summed E-state index contributed by atoms with van der Waals surface area (Å²) >= 11 is 0. The van der Waals surface area contributed by atoms with Crippen LogP contribution in [0.25, 0.3) is 0 Å². The van der Waals surface area contributed by atoms with Crippen LogP contribution in [0.15, 0.2) is 6.33 Å². The summed E-state index contributed by atoms with van der Waals surface area (Å²) in [4.78, 5) is 15.6. The van der Waals surface area contributed by atoms with Crippen molar-refractivity contribution in [3.8, 4) is 0 Å². The SMILES string of the molecule is CCn1ncnc1CNCCCC(=O)NC1CC1. The number of carbonyl (C=O) groups excluding carboxylic acids is 1. The fourth-order valence-electron chi connectivity index (χ4n) is 1.79. The molecule has 0 atom stereocenters. The Labute approximate surface area is 107 Å². The molecule has 1 saturated carbocycles. The molecule has 1 aliphatic carbocycles. The van der Waals surface area contributed by atoms with Crippen molar-refractivity contribution in [3.05, 3.63) is 12.2 Å². The summed E-state index contributed by atoms with van der Waals surface area (Å²) in [6, 6.07) is 0.466. The fraction of sp³-hybridized carbons (Fsp3) is 0.750. The van der Waals surface area contributed by atoms with Crippen molar-refractivity contribution < 1.29 is 4.79 Å². The number of aromatic nitrogens is 3. The normalized spacial score (nSPS) is 14.7. The van der Waals surface area contributed by atoms with Gasteiger partial charge in [0.15, 0.2) is 0 Å². The van der Waals surface area contributed by atoms with Gasteiger partial charge in [0, 0.05) is 19.0 Å².